The molecular weight excluding hydrogens is 258 g/mol. The van der Waals surface area contributed by atoms with Crippen LogP contribution in [-0.2, 0) is 13.6 Å². The normalized spacial score (nSPS) is 10.1. The minimum absolute atomic E-state index is 0.0504. The summed E-state index contributed by atoms with van der Waals surface area (Å²) in [6.07, 6.45) is 1.71. The smallest absolute Gasteiger partial charge is 0.292 e. The molecule has 102 valence electrons. The minimum Gasteiger partial charge on any atom is -0.375 e. The molecule has 0 fully saturated rings. The van der Waals surface area contributed by atoms with Gasteiger partial charge >= 0.3 is 0 Å². The predicted octanol–water partition coefficient (Wildman–Crippen LogP) is 2.12. The molecule has 0 aliphatic rings. The van der Waals surface area contributed by atoms with Gasteiger partial charge in [0.05, 0.1) is 22.8 Å². The number of nitro benzene ring substituents is 1. The quantitative estimate of drug-likeness (QED) is 0.678. The van der Waals surface area contributed by atoms with E-state index in [2.05, 4.69) is 10.4 Å². The van der Waals surface area contributed by atoms with Crippen molar-refractivity contribution in [1.29, 1.82) is 5.26 Å². The van der Waals surface area contributed by atoms with Crippen LogP contribution in [0.5, 0.6) is 0 Å². The van der Waals surface area contributed by atoms with E-state index >= 15 is 0 Å². The van der Waals surface area contributed by atoms with Crippen molar-refractivity contribution in [3.05, 3.63) is 51.3 Å². The highest BCUT2D eigenvalue weighted by molar-refractivity contribution is 5.64. The summed E-state index contributed by atoms with van der Waals surface area (Å²) in [7, 11) is 1.83. The van der Waals surface area contributed by atoms with Crippen molar-refractivity contribution in [3.63, 3.8) is 0 Å². The van der Waals surface area contributed by atoms with Crippen LogP contribution in [-0.4, -0.2) is 14.7 Å². The first kappa shape index (κ1) is 13.5. The van der Waals surface area contributed by atoms with Crippen LogP contribution in [0.15, 0.2) is 24.4 Å². The molecule has 0 saturated carbocycles. The van der Waals surface area contributed by atoms with E-state index in [1.807, 2.05) is 20.0 Å². The lowest BCUT2D eigenvalue weighted by Crippen LogP contribution is -2.04. The van der Waals surface area contributed by atoms with Crippen molar-refractivity contribution in [1.82, 2.24) is 9.78 Å². The van der Waals surface area contributed by atoms with Crippen LogP contribution in [0.25, 0.3) is 0 Å². The van der Waals surface area contributed by atoms with Gasteiger partial charge in [-0.3, -0.25) is 14.8 Å². The molecular formula is C13H13N5O2. The van der Waals surface area contributed by atoms with E-state index in [1.54, 1.807) is 10.9 Å². The molecule has 0 atom stereocenters. The number of hydrogen-bond acceptors (Lipinski definition) is 5. The fraction of sp³-hybridized carbons (Fsp3) is 0.231. The number of nitrogens with one attached hydrogen (secondary N) is 1. The molecule has 1 N–H and O–H groups in total. The Balaban J connectivity index is 2.26. The van der Waals surface area contributed by atoms with Crippen LogP contribution in [0.2, 0.25) is 0 Å². The number of nitriles is 1. The summed E-state index contributed by atoms with van der Waals surface area (Å²) >= 11 is 0. The van der Waals surface area contributed by atoms with Crippen molar-refractivity contribution in [2.75, 3.05) is 5.32 Å². The Bertz CT molecular complexity index is 699. The molecule has 0 aliphatic carbocycles. The number of hydrogen-bond donors (Lipinski definition) is 1. The summed E-state index contributed by atoms with van der Waals surface area (Å²) in [6.45, 7) is 2.33. The molecule has 0 unspecified atom stereocenters. The third kappa shape index (κ3) is 2.59. The number of rotatable bonds is 4. The van der Waals surface area contributed by atoms with Gasteiger partial charge in [0.1, 0.15) is 5.69 Å². The lowest BCUT2D eigenvalue weighted by molar-refractivity contribution is -0.384. The van der Waals surface area contributed by atoms with Gasteiger partial charge in [-0.2, -0.15) is 10.4 Å². The fourth-order valence-corrected chi connectivity index (χ4v) is 1.81. The maximum atomic E-state index is 11.0. The van der Waals surface area contributed by atoms with E-state index in [1.165, 1.54) is 18.2 Å². The zero-order valence-electron chi connectivity index (χ0n) is 11.1. The Morgan fingerprint density at radius 3 is 2.85 bits per heavy atom. The second kappa shape index (κ2) is 5.40. The van der Waals surface area contributed by atoms with Crippen LogP contribution in [0, 0.1) is 28.4 Å². The molecule has 7 nitrogen and oxygen atoms in total. The predicted molar refractivity (Wildman–Crippen MR) is 73.1 cm³/mol. The van der Waals surface area contributed by atoms with E-state index in [0.717, 1.165) is 11.3 Å². The zero-order chi connectivity index (χ0) is 14.7. The van der Waals surface area contributed by atoms with Gasteiger partial charge in [-0.1, -0.05) is 0 Å². The molecule has 0 saturated heterocycles. The first-order valence-electron chi connectivity index (χ1n) is 5.93. The highest BCUT2D eigenvalue weighted by atomic mass is 16.6. The first-order chi connectivity index (χ1) is 9.52. The third-order valence-electron chi connectivity index (χ3n) is 3.13. The lowest BCUT2D eigenvalue weighted by atomic mass is 10.1. The van der Waals surface area contributed by atoms with Crippen LogP contribution in [0.4, 0.5) is 11.4 Å². The molecule has 7 heteroatoms. The van der Waals surface area contributed by atoms with Gasteiger partial charge < -0.3 is 5.32 Å². The molecule has 1 heterocycles. The number of nitrogens with zero attached hydrogens (tertiary/aromatic N) is 4. The average Bonchev–Trinajstić information content (AvgIpc) is 2.76. The number of benzene rings is 1. The van der Waals surface area contributed by atoms with Gasteiger partial charge in [0, 0.05) is 30.9 Å². The van der Waals surface area contributed by atoms with Gasteiger partial charge in [0.2, 0.25) is 0 Å². The number of anilines is 1. The van der Waals surface area contributed by atoms with E-state index in [4.69, 9.17) is 5.26 Å². The monoisotopic (exact) mass is 271 g/mol. The maximum absolute atomic E-state index is 11.0. The summed E-state index contributed by atoms with van der Waals surface area (Å²) in [5.74, 6) is 0. The lowest BCUT2D eigenvalue weighted by Gasteiger charge is -2.07. The van der Waals surface area contributed by atoms with E-state index in [-0.39, 0.29) is 5.69 Å². The third-order valence-corrected chi connectivity index (χ3v) is 3.13. The molecule has 0 spiro atoms. The summed E-state index contributed by atoms with van der Waals surface area (Å²) in [6, 6.07) is 6.20. The Kier molecular flexibility index (Phi) is 3.66. The SMILES string of the molecule is Cc1c(CNc2cc(C#N)ccc2[N+](=O)[O-])cnn1C. The van der Waals surface area contributed by atoms with Gasteiger partial charge in [-0.05, 0) is 19.1 Å². The Labute approximate surface area is 115 Å². The van der Waals surface area contributed by atoms with Gasteiger partial charge in [0.15, 0.2) is 0 Å². The number of aromatic nitrogens is 2. The molecule has 2 rings (SSSR count). The highest BCUT2D eigenvalue weighted by Crippen LogP contribution is 2.26. The van der Waals surface area contributed by atoms with Crippen LogP contribution in [0.3, 0.4) is 0 Å². The summed E-state index contributed by atoms with van der Waals surface area (Å²) in [5.41, 5.74) is 2.59. The molecule has 20 heavy (non-hydrogen) atoms. The Hall–Kier alpha value is -2.88. The largest absolute Gasteiger partial charge is 0.375 e. The molecule has 0 amide bonds. The molecule has 1 aromatic heterocycles. The topological polar surface area (TPSA) is 96.8 Å². The van der Waals surface area contributed by atoms with Crippen molar-refractivity contribution in [2.24, 2.45) is 7.05 Å². The summed E-state index contributed by atoms with van der Waals surface area (Å²) in [4.78, 5) is 10.5. The van der Waals surface area contributed by atoms with Crippen LogP contribution in [0.1, 0.15) is 16.8 Å². The van der Waals surface area contributed by atoms with Gasteiger partial charge in [0.25, 0.3) is 5.69 Å². The van der Waals surface area contributed by atoms with Crippen molar-refractivity contribution >= 4 is 11.4 Å². The van der Waals surface area contributed by atoms with Crippen LogP contribution >= 0.6 is 0 Å². The molecule has 2 aromatic rings. The van der Waals surface area contributed by atoms with Crippen molar-refractivity contribution < 1.29 is 4.92 Å². The second-order valence-corrected chi connectivity index (χ2v) is 4.33. The number of aryl methyl sites for hydroxylation is 1. The summed E-state index contributed by atoms with van der Waals surface area (Å²) in [5, 5.41) is 26.9. The number of nitro groups is 1. The second-order valence-electron chi connectivity index (χ2n) is 4.33. The Morgan fingerprint density at radius 2 is 2.30 bits per heavy atom. The van der Waals surface area contributed by atoms with E-state index in [9.17, 15) is 10.1 Å². The van der Waals surface area contributed by atoms with Gasteiger partial charge in [-0.25, -0.2) is 0 Å². The summed E-state index contributed by atoms with van der Waals surface area (Å²) < 4.78 is 1.73. The maximum Gasteiger partial charge on any atom is 0.292 e. The molecule has 1 aromatic carbocycles. The average molecular weight is 271 g/mol. The van der Waals surface area contributed by atoms with Crippen molar-refractivity contribution in [3.8, 4) is 6.07 Å². The van der Waals surface area contributed by atoms with Gasteiger partial charge in [-0.15, -0.1) is 0 Å². The first-order valence-corrected chi connectivity index (χ1v) is 5.93. The molecule has 0 radical (unpaired) electrons. The van der Waals surface area contributed by atoms with Crippen LogP contribution < -0.4 is 5.32 Å². The zero-order valence-corrected chi connectivity index (χ0v) is 11.1. The fourth-order valence-electron chi connectivity index (χ4n) is 1.81. The van der Waals surface area contributed by atoms with Crippen molar-refractivity contribution in [2.45, 2.75) is 13.5 Å². The molecule has 0 bridgehead atoms. The Morgan fingerprint density at radius 1 is 1.55 bits per heavy atom. The minimum atomic E-state index is -0.473. The molecule has 0 aliphatic heterocycles. The van der Waals surface area contributed by atoms with E-state index in [0.29, 0.717) is 17.8 Å². The highest BCUT2D eigenvalue weighted by Gasteiger charge is 2.14. The standard InChI is InChI=1S/C13H13N5O2/c1-9-11(8-16-17(9)2)7-15-12-5-10(6-14)3-4-13(12)18(19)20/h3-5,8,15H,7H2,1-2H3. The van der Waals surface area contributed by atoms with E-state index < -0.39 is 4.92 Å².